The van der Waals surface area contributed by atoms with Crippen molar-refractivity contribution in [1.29, 1.82) is 0 Å². The van der Waals surface area contributed by atoms with Crippen molar-refractivity contribution in [3.8, 4) is 0 Å². The lowest BCUT2D eigenvalue weighted by Crippen LogP contribution is -1.98. The predicted octanol–water partition coefficient (Wildman–Crippen LogP) is 3.06. The largest absolute Gasteiger partial charge is 0.269 e. The Bertz CT molecular complexity index is 302. The molecule has 0 aromatic carbocycles. The minimum absolute atomic E-state index is 0.533. The summed E-state index contributed by atoms with van der Waals surface area (Å²) in [7, 11) is 0. The molecular formula is C6H2BrF4N. The van der Waals surface area contributed by atoms with Gasteiger partial charge in [0, 0.05) is 0 Å². The van der Waals surface area contributed by atoms with E-state index in [-0.39, 0.29) is 0 Å². The molecule has 0 aliphatic heterocycles. The Balaban J connectivity index is 3.33. The highest BCUT2D eigenvalue weighted by atomic mass is 79.9. The molecule has 0 aliphatic carbocycles. The molecule has 6 heteroatoms. The fourth-order valence-corrected chi connectivity index (χ4v) is 1.08. The van der Waals surface area contributed by atoms with Crippen LogP contribution in [0.25, 0.3) is 0 Å². The molecule has 0 unspecified atom stereocenters. The second kappa shape index (κ2) is 3.38. The van der Waals surface area contributed by atoms with Gasteiger partial charge in [-0.25, -0.2) is 18.2 Å². The quantitative estimate of drug-likeness (QED) is 0.546. The molecule has 1 aromatic rings. The van der Waals surface area contributed by atoms with E-state index in [0.717, 1.165) is 0 Å². The Kier molecular flexibility index (Phi) is 2.66. The van der Waals surface area contributed by atoms with E-state index in [1.807, 2.05) is 0 Å². The molecule has 0 radical (unpaired) electrons. The van der Waals surface area contributed by atoms with Crippen molar-refractivity contribution in [2.75, 3.05) is 0 Å². The monoisotopic (exact) mass is 243 g/mol. The zero-order valence-corrected chi connectivity index (χ0v) is 7.08. The standard InChI is InChI=1S/C6H2BrF4N/c7-4-2(8)1-12-6(11)3(4)5(9)10/h1,5H. The fourth-order valence-electron chi connectivity index (χ4n) is 0.645. The summed E-state index contributed by atoms with van der Waals surface area (Å²) in [6.45, 7) is 0. The Morgan fingerprint density at radius 2 is 1.92 bits per heavy atom. The van der Waals surface area contributed by atoms with Crippen LogP contribution < -0.4 is 0 Å². The molecule has 1 heterocycles. The van der Waals surface area contributed by atoms with Crippen LogP contribution in [0.3, 0.4) is 0 Å². The second-order valence-corrected chi connectivity index (χ2v) is 2.72. The smallest absolute Gasteiger partial charge is 0.225 e. The average Bonchev–Trinajstić information content (AvgIpc) is 1.97. The Morgan fingerprint density at radius 3 is 2.33 bits per heavy atom. The molecule has 0 N–H and O–H groups in total. The van der Waals surface area contributed by atoms with Gasteiger partial charge in [-0.05, 0) is 15.9 Å². The van der Waals surface area contributed by atoms with Gasteiger partial charge in [-0.2, -0.15) is 4.39 Å². The molecule has 0 saturated heterocycles. The summed E-state index contributed by atoms with van der Waals surface area (Å²) in [5, 5.41) is 0. The third-order valence-electron chi connectivity index (χ3n) is 1.18. The van der Waals surface area contributed by atoms with Gasteiger partial charge in [0.25, 0.3) is 6.43 Å². The lowest BCUT2D eigenvalue weighted by atomic mass is 10.3. The number of hydrogen-bond donors (Lipinski definition) is 0. The van der Waals surface area contributed by atoms with Crippen LogP contribution in [0.15, 0.2) is 10.7 Å². The Morgan fingerprint density at radius 1 is 1.33 bits per heavy atom. The van der Waals surface area contributed by atoms with E-state index in [0.29, 0.717) is 6.20 Å². The molecule has 1 aromatic heterocycles. The first-order valence-electron chi connectivity index (χ1n) is 2.81. The maximum atomic E-state index is 12.5. The molecule has 0 bridgehead atoms. The van der Waals surface area contributed by atoms with E-state index in [4.69, 9.17) is 0 Å². The van der Waals surface area contributed by atoms with Gasteiger partial charge >= 0.3 is 0 Å². The SMILES string of the molecule is Fc1cnc(F)c(C(F)F)c1Br. The highest BCUT2D eigenvalue weighted by Gasteiger charge is 2.20. The number of rotatable bonds is 1. The molecule has 0 saturated carbocycles. The van der Waals surface area contributed by atoms with Crippen molar-refractivity contribution in [1.82, 2.24) is 4.98 Å². The summed E-state index contributed by atoms with van der Waals surface area (Å²) in [6.07, 6.45) is -2.55. The first-order valence-corrected chi connectivity index (χ1v) is 3.61. The maximum absolute atomic E-state index is 12.5. The number of hydrogen-bond acceptors (Lipinski definition) is 1. The Hall–Kier alpha value is -0.650. The number of halogens is 5. The summed E-state index contributed by atoms with van der Waals surface area (Å²) in [4.78, 5) is 2.81. The number of alkyl halides is 2. The van der Waals surface area contributed by atoms with E-state index in [1.165, 1.54) is 0 Å². The van der Waals surface area contributed by atoms with Gasteiger partial charge in [0.15, 0.2) is 5.82 Å². The molecule has 0 aliphatic rings. The van der Waals surface area contributed by atoms with Crippen molar-refractivity contribution >= 4 is 15.9 Å². The van der Waals surface area contributed by atoms with Crippen LogP contribution in [-0.2, 0) is 0 Å². The topological polar surface area (TPSA) is 12.9 Å². The summed E-state index contributed by atoms with van der Waals surface area (Å²) in [5.41, 5.74) is -1.05. The molecule has 0 amide bonds. The Labute approximate surface area is 73.5 Å². The summed E-state index contributed by atoms with van der Waals surface area (Å²) >= 11 is 2.50. The van der Waals surface area contributed by atoms with Crippen LogP contribution >= 0.6 is 15.9 Å². The van der Waals surface area contributed by atoms with Crippen molar-refractivity contribution in [3.63, 3.8) is 0 Å². The first-order chi connectivity index (χ1) is 5.54. The lowest BCUT2D eigenvalue weighted by Gasteiger charge is -2.03. The summed E-state index contributed by atoms with van der Waals surface area (Å²) < 4.78 is 48.4. The van der Waals surface area contributed by atoms with E-state index < -0.39 is 28.2 Å². The minimum atomic E-state index is -3.08. The molecule has 0 spiro atoms. The minimum Gasteiger partial charge on any atom is -0.225 e. The van der Waals surface area contributed by atoms with Gasteiger partial charge in [-0.1, -0.05) is 0 Å². The third kappa shape index (κ3) is 1.57. The van der Waals surface area contributed by atoms with Gasteiger partial charge in [0.2, 0.25) is 5.95 Å². The zero-order valence-electron chi connectivity index (χ0n) is 5.49. The zero-order chi connectivity index (χ0) is 9.30. The van der Waals surface area contributed by atoms with Crippen molar-refractivity contribution < 1.29 is 17.6 Å². The van der Waals surface area contributed by atoms with E-state index in [9.17, 15) is 17.6 Å². The average molecular weight is 244 g/mol. The molecule has 66 valence electrons. The maximum Gasteiger partial charge on any atom is 0.269 e. The molecular weight excluding hydrogens is 242 g/mol. The van der Waals surface area contributed by atoms with Crippen LogP contribution in [0.2, 0.25) is 0 Å². The number of nitrogens with zero attached hydrogens (tertiary/aromatic N) is 1. The van der Waals surface area contributed by atoms with Crippen molar-refractivity contribution in [3.05, 3.63) is 28.0 Å². The molecule has 12 heavy (non-hydrogen) atoms. The predicted molar refractivity (Wildman–Crippen MR) is 36.8 cm³/mol. The van der Waals surface area contributed by atoms with Crippen LogP contribution in [0.5, 0.6) is 0 Å². The summed E-state index contributed by atoms with van der Waals surface area (Å²) in [5.74, 6) is -2.37. The van der Waals surface area contributed by atoms with Gasteiger partial charge in [-0.3, -0.25) is 0 Å². The molecule has 1 rings (SSSR count). The van der Waals surface area contributed by atoms with E-state index in [1.54, 1.807) is 0 Å². The second-order valence-electron chi connectivity index (χ2n) is 1.93. The first kappa shape index (κ1) is 9.44. The highest BCUT2D eigenvalue weighted by Crippen LogP contribution is 2.30. The van der Waals surface area contributed by atoms with Crippen molar-refractivity contribution in [2.45, 2.75) is 6.43 Å². The van der Waals surface area contributed by atoms with E-state index in [2.05, 4.69) is 20.9 Å². The lowest BCUT2D eigenvalue weighted by molar-refractivity contribution is 0.143. The molecule has 0 atom stereocenters. The third-order valence-corrected chi connectivity index (χ3v) is 1.98. The van der Waals surface area contributed by atoms with Crippen LogP contribution in [0.1, 0.15) is 12.0 Å². The van der Waals surface area contributed by atoms with E-state index >= 15 is 0 Å². The van der Waals surface area contributed by atoms with Crippen molar-refractivity contribution in [2.24, 2.45) is 0 Å². The van der Waals surface area contributed by atoms with Crippen LogP contribution in [0.4, 0.5) is 17.6 Å². The number of aromatic nitrogens is 1. The van der Waals surface area contributed by atoms with Gasteiger partial charge < -0.3 is 0 Å². The van der Waals surface area contributed by atoms with Crippen LogP contribution in [0, 0.1) is 11.8 Å². The fraction of sp³-hybridized carbons (Fsp3) is 0.167. The summed E-state index contributed by atoms with van der Waals surface area (Å²) in [6, 6.07) is 0. The molecule has 1 nitrogen and oxygen atoms in total. The van der Waals surface area contributed by atoms with Crippen LogP contribution in [-0.4, -0.2) is 4.98 Å². The van der Waals surface area contributed by atoms with Gasteiger partial charge in [0.05, 0.1) is 16.2 Å². The normalized spacial score (nSPS) is 10.8. The molecule has 0 fully saturated rings. The number of pyridine rings is 1. The highest BCUT2D eigenvalue weighted by molar-refractivity contribution is 9.10. The van der Waals surface area contributed by atoms with Gasteiger partial charge in [0.1, 0.15) is 0 Å². The van der Waals surface area contributed by atoms with Gasteiger partial charge in [-0.15, -0.1) is 0 Å².